The first-order valence-electron chi connectivity index (χ1n) is 5.20. The highest BCUT2D eigenvalue weighted by molar-refractivity contribution is 6.39. The fourth-order valence-corrected chi connectivity index (χ4v) is 1.95. The molecule has 0 radical (unpaired) electrons. The van der Waals surface area contributed by atoms with Crippen molar-refractivity contribution in [3.8, 4) is 6.07 Å². The second-order valence-electron chi connectivity index (χ2n) is 3.69. The lowest BCUT2D eigenvalue weighted by Crippen LogP contribution is -1.98. The summed E-state index contributed by atoms with van der Waals surface area (Å²) >= 11 is 12.3. The number of pyridine rings is 1. The van der Waals surface area contributed by atoms with Gasteiger partial charge in [-0.3, -0.25) is 0 Å². The molecule has 0 fully saturated rings. The van der Waals surface area contributed by atoms with Gasteiger partial charge in [0, 0.05) is 6.20 Å². The molecule has 2 rings (SSSR count). The van der Waals surface area contributed by atoms with Crippen molar-refractivity contribution in [3.63, 3.8) is 0 Å². The van der Waals surface area contributed by atoms with E-state index in [0.717, 1.165) is 5.56 Å². The molecule has 1 aromatic heterocycles. The highest BCUT2D eigenvalue weighted by Gasteiger charge is 2.11. The van der Waals surface area contributed by atoms with Crippen molar-refractivity contribution >= 4 is 34.7 Å². The summed E-state index contributed by atoms with van der Waals surface area (Å²) < 4.78 is 0. The third kappa shape index (κ3) is 2.40. The van der Waals surface area contributed by atoms with E-state index in [0.29, 0.717) is 27.1 Å². The van der Waals surface area contributed by atoms with Crippen LogP contribution >= 0.6 is 23.2 Å². The van der Waals surface area contributed by atoms with E-state index in [-0.39, 0.29) is 0 Å². The summed E-state index contributed by atoms with van der Waals surface area (Å²) in [5.74, 6) is 0.439. The minimum Gasteiger partial charge on any atom is -0.337 e. The van der Waals surface area contributed by atoms with Crippen molar-refractivity contribution in [3.05, 3.63) is 51.6 Å². The van der Waals surface area contributed by atoms with Crippen LogP contribution in [0, 0.1) is 18.3 Å². The van der Waals surface area contributed by atoms with Crippen molar-refractivity contribution in [2.75, 3.05) is 5.32 Å². The molecule has 18 heavy (non-hydrogen) atoms. The number of benzene rings is 1. The largest absolute Gasteiger partial charge is 0.337 e. The van der Waals surface area contributed by atoms with E-state index in [2.05, 4.69) is 16.4 Å². The zero-order valence-electron chi connectivity index (χ0n) is 9.54. The monoisotopic (exact) mass is 277 g/mol. The van der Waals surface area contributed by atoms with Crippen LogP contribution in [0.5, 0.6) is 0 Å². The topological polar surface area (TPSA) is 48.7 Å². The zero-order chi connectivity index (χ0) is 13.1. The molecule has 1 heterocycles. The maximum atomic E-state index is 8.99. The molecule has 3 nitrogen and oxygen atoms in total. The third-order valence-corrected chi connectivity index (χ3v) is 3.26. The fraction of sp³-hybridized carbons (Fsp3) is 0.0769. The van der Waals surface area contributed by atoms with Crippen molar-refractivity contribution in [2.24, 2.45) is 0 Å². The number of aromatic nitrogens is 1. The SMILES string of the molecule is Cc1ccc(Cl)c(Nc2ncccc2C#N)c1Cl. The van der Waals surface area contributed by atoms with Gasteiger partial charge in [-0.05, 0) is 30.7 Å². The first-order valence-corrected chi connectivity index (χ1v) is 5.96. The molecule has 0 spiro atoms. The second-order valence-corrected chi connectivity index (χ2v) is 4.47. The van der Waals surface area contributed by atoms with Crippen molar-refractivity contribution < 1.29 is 0 Å². The molecule has 0 saturated carbocycles. The smallest absolute Gasteiger partial charge is 0.148 e. The Bertz CT molecular complexity index is 633. The Kier molecular flexibility index (Phi) is 3.71. The summed E-state index contributed by atoms with van der Waals surface area (Å²) in [6, 6.07) is 9.01. The lowest BCUT2D eigenvalue weighted by atomic mass is 10.2. The molecule has 90 valence electrons. The maximum Gasteiger partial charge on any atom is 0.148 e. The predicted molar refractivity (Wildman–Crippen MR) is 73.4 cm³/mol. The van der Waals surface area contributed by atoms with Gasteiger partial charge in [0.1, 0.15) is 11.9 Å². The Morgan fingerprint density at radius 3 is 2.78 bits per heavy atom. The number of anilines is 2. The summed E-state index contributed by atoms with van der Waals surface area (Å²) in [6.07, 6.45) is 1.60. The van der Waals surface area contributed by atoms with E-state index < -0.39 is 0 Å². The maximum absolute atomic E-state index is 8.99. The fourth-order valence-electron chi connectivity index (χ4n) is 1.48. The molecule has 5 heteroatoms. The average Bonchev–Trinajstić information content (AvgIpc) is 2.39. The van der Waals surface area contributed by atoms with E-state index in [1.54, 1.807) is 24.4 Å². The highest BCUT2D eigenvalue weighted by atomic mass is 35.5. The lowest BCUT2D eigenvalue weighted by Gasteiger charge is -2.12. The van der Waals surface area contributed by atoms with Gasteiger partial charge in [0.15, 0.2) is 0 Å². The molecular weight excluding hydrogens is 269 g/mol. The molecule has 1 N–H and O–H groups in total. The van der Waals surface area contributed by atoms with E-state index in [4.69, 9.17) is 28.5 Å². The van der Waals surface area contributed by atoms with Gasteiger partial charge in [-0.15, -0.1) is 0 Å². The summed E-state index contributed by atoms with van der Waals surface area (Å²) in [5.41, 5.74) is 1.90. The van der Waals surface area contributed by atoms with Crippen LogP contribution in [0.25, 0.3) is 0 Å². The van der Waals surface area contributed by atoms with E-state index in [1.165, 1.54) is 0 Å². The van der Waals surface area contributed by atoms with Crippen LogP contribution in [-0.4, -0.2) is 4.98 Å². The van der Waals surface area contributed by atoms with E-state index in [9.17, 15) is 0 Å². The van der Waals surface area contributed by atoms with Gasteiger partial charge in [0.25, 0.3) is 0 Å². The first kappa shape index (κ1) is 12.7. The molecule has 0 aliphatic carbocycles. The van der Waals surface area contributed by atoms with E-state index in [1.807, 2.05) is 13.0 Å². The minimum atomic E-state index is 0.436. The van der Waals surface area contributed by atoms with Crippen LogP contribution in [0.3, 0.4) is 0 Å². The van der Waals surface area contributed by atoms with Crippen molar-refractivity contribution in [1.82, 2.24) is 4.98 Å². The Labute approximate surface area is 115 Å². The van der Waals surface area contributed by atoms with Gasteiger partial charge >= 0.3 is 0 Å². The number of nitrogens with one attached hydrogen (secondary N) is 1. The Hall–Kier alpha value is -1.76. The number of hydrogen-bond donors (Lipinski definition) is 1. The molecule has 0 bridgehead atoms. The molecule has 0 amide bonds. The van der Waals surface area contributed by atoms with Crippen LogP contribution in [-0.2, 0) is 0 Å². The van der Waals surface area contributed by atoms with Crippen LogP contribution in [0.1, 0.15) is 11.1 Å². The van der Waals surface area contributed by atoms with Gasteiger partial charge in [-0.25, -0.2) is 4.98 Å². The molecule has 0 unspecified atom stereocenters. The van der Waals surface area contributed by atoms with Crippen LogP contribution in [0.2, 0.25) is 10.0 Å². The summed E-state index contributed by atoms with van der Waals surface area (Å²) in [4.78, 5) is 4.11. The number of nitriles is 1. The number of nitrogens with zero attached hydrogens (tertiary/aromatic N) is 2. The highest BCUT2D eigenvalue weighted by Crippen LogP contribution is 2.35. The molecule has 0 saturated heterocycles. The molecule has 2 aromatic rings. The zero-order valence-corrected chi connectivity index (χ0v) is 11.0. The molecule has 1 aromatic carbocycles. The van der Waals surface area contributed by atoms with Gasteiger partial charge < -0.3 is 5.32 Å². The van der Waals surface area contributed by atoms with Gasteiger partial charge in [0.05, 0.1) is 21.3 Å². The van der Waals surface area contributed by atoms with Crippen LogP contribution in [0.15, 0.2) is 30.5 Å². The number of hydrogen-bond acceptors (Lipinski definition) is 3. The molecular formula is C13H9Cl2N3. The Balaban J connectivity index is 2.47. The van der Waals surface area contributed by atoms with Gasteiger partial charge in [0.2, 0.25) is 0 Å². The lowest BCUT2D eigenvalue weighted by molar-refractivity contribution is 1.28. The number of aryl methyl sites for hydroxylation is 1. The van der Waals surface area contributed by atoms with Gasteiger partial charge in [-0.1, -0.05) is 29.3 Å². The van der Waals surface area contributed by atoms with Crippen molar-refractivity contribution in [2.45, 2.75) is 6.92 Å². The average molecular weight is 278 g/mol. The summed E-state index contributed by atoms with van der Waals surface area (Å²) in [5, 5.41) is 13.0. The van der Waals surface area contributed by atoms with Gasteiger partial charge in [-0.2, -0.15) is 5.26 Å². The Morgan fingerprint density at radius 2 is 2.06 bits per heavy atom. The normalized spacial score (nSPS) is 9.89. The molecule has 0 aliphatic rings. The quantitative estimate of drug-likeness (QED) is 0.890. The van der Waals surface area contributed by atoms with Crippen LogP contribution in [0.4, 0.5) is 11.5 Å². The molecule has 0 atom stereocenters. The second kappa shape index (κ2) is 5.26. The Morgan fingerprint density at radius 1 is 1.28 bits per heavy atom. The summed E-state index contributed by atoms with van der Waals surface area (Å²) in [6.45, 7) is 1.88. The first-order chi connectivity index (χ1) is 8.63. The van der Waals surface area contributed by atoms with E-state index >= 15 is 0 Å². The molecule has 0 aliphatic heterocycles. The standard InChI is InChI=1S/C13H9Cl2N3/c1-8-4-5-10(14)12(11(8)15)18-13-9(7-16)3-2-6-17-13/h2-6H,1H3,(H,17,18). The number of halogens is 2. The third-order valence-electron chi connectivity index (χ3n) is 2.46. The summed E-state index contributed by atoms with van der Waals surface area (Å²) in [7, 11) is 0. The minimum absolute atomic E-state index is 0.436. The number of rotatable bonds is 2. The van der Waals surface area contributed by atoms with Crippen molar-refractivity contribution in [1.29, 1.82) is 5.26 Å². The van der Waals surface area contributed by atoms with Crippen LogP contribution < -0.4 is 5.32 Å². The predicted octanol–water partition coefficient (Wildman–Crippen LogP) is 4.31.